The standard InChI is InChI=1S/C16H23N5OS/c1-12(23-15-18-19-20-21(15)16(2,3)4)14(22)17-11-10-13-8-6-5-7-9-13/h5-9,12H,10-11H2,1-4H3,(H,17,22). The average Bonchev–Trinajstić information content (AvgIpc) is 2.96. The van der Waals surface area contributed by atoms with Crippen molar-refractivity contribution in [1.82, 2.24) is 25.5 Å². The molecule has 0 saturated carbocycles. The predicted octanol–water partition coefficient (Wildman–Crippen LogP) is 2.27. The van der Waals surface area contributed by atoms with Crippen LogP contribution in [-0.4, -0.2) is 37.9 Å². The zero-order valence-electron chi connectivity index (χ0n) is 14.0. The van der Waals surface area contributed by atoms with Crippen LogP contribution >= 0.6 is 11.8 Å². The lowest BCUT2D eigenvalue weighted by molar-refractivity contribution is -0.120. The van der Waals surface area contributed by atoms with Gasteiger partial charge in [-0.3, -0.25) is 4.79 Å². The highest BCUT2D eigenvalue weighted by molar-refractivity contribution is 8.00. The van der Waals surface area contributed by atoms with Crippen molar-refractivity contribution in [1.29, 1.82) is 0 Å². The van der Waals surface area contributed by atoms with Crippen molar-refractivity contribution in [3.05, 3.63) is 35.9 Å². The fourth-order valence-electron chi connectivity index (χ4n) is 2.00. The van der Waals surface area contributed by atoms with Crippen LogP contribution < -0.4 is 5.32 Å². The Hall–Kier alpha value is -1.89. The number of benzene rings is 1. The van der Waals surface area contributed by atoms with E-state index in [0.29, 0.717) is 11.7 Å². The topological polar surface area (TPSA) is 72.7 Å². The molecule has 0 aliphatic rings. The Morgan fingerprint density at radius 2 is 2.00 bits per heavy atom. The van der Waals surface area contributed by atoms with Crippen LogP contribution in [0.25, 0.3) is 0 Å². The van der Waals surface area contributed by atoms with Crippen LogP contribution in [-0.2, 0) is 16.8 Å². The van der Waals surface area contributed by atoms with Crippen molar-refractivity contribution in [3.8, 4) is 0 Å². The SMILES string of the molecule is CC(Sc1nnnn1C(C)(C)C)C(=O)NCCc1ccccc1. The van der Waals surface area contributed by atoms with Crippen LogP contribution in [0, 0.1) is 0 Å². The third-order valence-corrected chi connectivity index (χ3v) is 4.32. The van der Waals surface area contributed by atoms with Gasteiger partial charge in [-0.05, 0) is 50.1 Å². The number of rotatable bonds is 6. The van der Waals surface area contributed by atoms with Gasteiger partial charge in [-0.15, -0.1) is 5.10 Å². The van der Waals surface area contributed by atoms with E-state index in [4.69, 9.17) is 0 Å². The largest absolute Gasteiger partial charge is 0.355 e. The number of hydrogen-bond acceptors (Lipinski definition) is 5. The molecular weight excluding hydrogens is 310 g/mol. The maximum atomic E-state index is 12.2. The molecule has 2 aromatic rings. The molecular formula is C16H23N5OS. The molecule has 0 radical (unpaired) electrons. The fraction of sp³-hybridized carbons (Fsp3) is 0.500. The summed E-state index contributed by atoms with van der Waals surface area (Å²) in [5, 5.41) is 15.1. The maximum absolute atomic E-state index is 12.2. The van der Waals surface area contributed by atoms with Crippen molar-refractivity contribution in [2.24, 2.45) is 0 Å². The van der Waals surface area contributed by atoms with Gasteiger partial charge < -0.3 is 5.32 Å². The van der Waals surface area contributed by atoms with E-state index in [-0.39, 0.29) is 16.7 Å². The number of thioether (sulfide) groups is 1. The lowest BCUT2D eigenvalue weighted by atomic mass is 10.1. The third-order valence-electron chi connectivity index (χ3n) is 3.28. The van der Waals surface area contributed by atoms with Crippen LogP contribution in [0.3, 0.4) is 0 Å². The van der Waals surface area contributed by atoms with E-state index in [0.717, 1.165) is 6.42 Å². The van der Waals surface area contributed by atoms with E-state index >= 15 is 0 Å². The lowest BCUT2D eigenvalue weighted by Gasteiger charge is -2.20. The molecule has 1 amide bonds. The van der Waals surface area contributed by atoms with Gasteiger partial charge in [0.25, 0.3) is 0 Å². The molecule has 0 saturated heterocycles. The first-order valence-electron chi connectivity index (χ1n) is 7.65. The van der Waals surface area contributed by atoms with Gasteiger partial charge >= 0.3 is 0 Å². The van der Waals surface area contributed by atoms with Gasteiger partial charge in [0.2, 0.25) is 11.1 Å². The molecule has 1 aromatic heterocycles. The molecule has 2 rings (SSSR count). The summed E-state index contributed by atoms with van der Waals surface area (Å²) in [6, 6.07) is 10.1. The Kier molecular flexibility index (Phi) is 5.76. The summed E-state index contributed by atoms with van der Waals surface area (Å²) in [5.41, 5.74) is 1.000. The van der Waals surface area contributed by atoms with E-state index < -0.39 is 0 Å². The number of nitrogens with zero attached hydrogens (tertiary/aromatic N) is 4. The molecule has 1 heterocycles. The predicted molar refractivity (Wildman–Crippen MR) is 91.3 cm³/mol. The molecule has 23 heavy (non-hydrogen) atoms. The monoisotopic (exact) mass is 333 g/mol. The summed E-state index contributed by atoms with van der Waals surface area (Å²) in [6.07, 6.45) is 0.823. The smallest absolute Gasteiger partial charge is 0.233 e. The average molecular weight is 333 g/mol. The zero-order chi connectivity index (χ0) is 16.9. The summed E-state index contributed by atoms with van der Waals surface area (Å²) in [4.78, 5) is 12.2. The summed E-state index contributed by atoms with van der Waals surface area (Å²) >= 11 is 1.37. The number of carbonyl (C=O) groups is 1. The Morgan fingerprint density at radius 3 is 2.65 bits per heavy atom. The molecule has 7 heteroatoms. The number of aromatic nitrogens is 4. The first-order valence-corrected chi connectivity index (χ1v) is 8.53. The summed E-state index contributed by atoms with van der Waals surface area (Å²) < 4.78 is 1.74. The van der Waals surface area contributed by atoms with Crippen LogP contribution in [0.4, 0.5) is 0 Å². The second-order valence-electron chi connectivity index (χ2n) is 6.33. The Labute approximate surface area is 141 Å². The van der Waals surface area contributed by atoms with Gasteiger partial charge in [-0.1, -0.05) is 42.1 Å². The van der Waals surface area contributed by atoms with Crippen molar-refractivity contribution in [3.63, 3.8) is 0 Å². The molecule has 0 bridgehead atoms. The first kappa shape index (κ1) is 17.5. The minimum atomic E-state index is -0.252. The van der Waals surface area contributed by atoms with Crippen LogP contribution in [0.5, 0.6) is 0 Å². The number of carbonyl (C=O) groups excluding carboxylic acids is 1. The van der Waals surface area contributed by atoms with Crippen molar-refractivity contribution >= 4 is 17.7 Å². The molecule has 1 N–H and O–H groups in total. The van der Waals surface area contributed by atoms with Crippen LogP contribution in [0.2, 0.25) is 0 Å². The first-order chi connectivity index (χ1) is 10.9. The Morgan fingerprint density at radius 1 is 1.30 bits per heavy atom. The molecule has 0 fully saturated rings. The van der Waals surface area contributed by atoms with Crippen LogP contribution in [0.1, 0.15) is 33.3 Å². The second kappa shape index (κ2) is 7.59. The normalized spacial score (nSPS) is 12.9. The number of hydrogen-bond donors (Lipinski definition) is 1. The number of tetrazole rings is 1. The zero-order valence-corrected chi connectivity index (χ0v) is 14.8. The Bertz CT molecular complexity index is 635. The van der Waals surface area contributed by atoms with Gasteiger partial charge in [0.05, 0.1) is 10.8 Å². The molecule has 6 nitrogen and oxygen atoms in total. The van der Waals surface area contributed by atoms with E-state index in [1.54, 1.807) is 4.68 Å². The van der Waals surface area contributed by atoms with Gasteiger partial charge in [0.1, 0.15) is 0 Å². The Balaban J connectivity index is 1.85. The van der Waals surface area contributed by atoms with Crippen molar-refractivity contribution in [2.75, 3.05) is 6.54 Å². The van der Waals surface area contributed by atoms with Gasteiger partial charge in [0, 0.05) is 6.54 Å². The van der Waals surface area contributed by atoms with E-state index in [1.165, 1.54) is 17.3 Å². The van der Waals surface area contributed by atoms with Crippen LogP contribution in [0.15, 0.2) is 35.5 Å². The number of amides is 1. The number of nitrogens with one attached hydrogen (secondary N) is 1. The van der Waals surface area contributed by atoms with Crippen molar-refractivity contribution in [2.45, 2.75) is 50.1 Å². The molecule has 124 valence electrons. The van der Waals surface area contributed by atoms with Gasteiger partial charge in [0.15, 0.2) is 0 Å². The highest BCUT2D eigenvalue weighted by Crippen LogP contribution is 2.24. The summed E-state index contributed by atoms with van der Waals surface area (Å²) in [5.74, 6) is -0.00519. The highest BCUT2D eigenvalue weighted by atomic mass is 32.2. The highest BCUT2D eigenvalue weighted by Gasteiger charge is 2.23. The molecule has 1 unspecified atom stereocenters. The minimum absolute atomic E-state index is 0.00519. The summed E-state index contributed by atoms with van der Waals surface area (Å²) in [6.45, 7) is 8.57. The van der Waals surface area contributed by atoms with E-state index in [9.17, 15) is 4.79 Å². The fourth-order valence-corrected chi connectivity index (χ4v) is 3.00. The third kappa shape index (κ3) is 5.06. The quantitative estimate of drug-likeness (QED) is 0.821. The van der Waals surface area contributed by atoms with Crippen molar-refractivity contribution < 1.29 is 4.79 Å². The molecule has 1 atom stereocenters. The molecule has 0 aliphatic heterocycles. The molecule has 1 aromatic carbocycles. The molecule has 0 spiro atoms. The minimum Gasteiger partial charge on any atom is -0.355 e. The van der Waals surface area contributed by atoms with E-state index in [2.05, 4.69) is 33.0 Å². The van der Waals surface area contributed by atoms with Gasteiger partial charge in [-0.2, -0.15) is 0 Å². The van der Waals surface area contributed by atoms with Gasteiger partial charge in [-0.25, -0.2) is 4.68 Å². The maximum Gasteiger partial charge on any atom is 0.233 e. The summed E-state index contributed by atoms with van der Waals surface area (Å²) in [7, 11) is 0. The van der Waals surface area contributed by atoms with E-state index in [1.807, 2.05) is 45.9 Å². The molecule has 0 aliphatic carbocycles. The second-order valence-corrected chi connectivity index (χ2v) is 7.64. The lowest BCUT2D eigenvalue weighted by Crippen LogP contribution is -2.33.